The second-order valence-corrected chi connectivity index (χ2v) is 8.84. The molecule has 6 nitrogen and oxygen atoms in total. The number of furan rings is 1. The minimum atomic E-state index is -4.35. The number of aryl methyl sites for hydroxylation is 1. The van der Waals surface area contributed by atoms with E-state index in [1.54, 1.807) is 21.3 Å². The molecule has 3 aromatic rings. The zero-order chi connectivity index (χ0) is 25.9. The Hall–Kier alpha value is -2.59. The lowest BCUT2D eigenvalue weighted by molar-refractivity contribution is -0.137. The number of ether oxygens (including phenoxy) is 3. The van der Waals surface area contributed by atoms with Gasteiger partial charge in [-0.1, -0.05) is 18.2 Å². The minimum absolute atomic E-state index is 0. The first-order valence-corrected chi connectivity index (χ1v) is 11.7. The number of benzene rings is 2. The van der Waals surface area contributed by atoms with Crippen LogP contribution in [0.3, 0.4) is 0 Å². The average molecular weight is 577 g/mol. The van der Waals surface area contributed by atoms with Crippen LogP contribution >= 0.6 is 24.8 Å². The van der Waals surface area contributed by atoms with Gasteiger partial charge in [0.25, 0.3) is 0 Å². The van der Waals surface area contributed by atoms with Crippen LogP contribution in [-0.4, -0.2) is 57.3 Å². The first-order chi connectivity index (χ1) is 17.2. The SMILES string of the molecule is COc1ccc(CN2CCN(Cc3oc(-c4ccc(C(F)(F)F)cc4)cc3C)CC2)c(OC)c1OC.Cl.Cl. The Labute approximate surface area is 233 Å². The van der Waals surface area contributed by atoms with E-state index >= 15 is 0 Å². The molecule has 0 aliphatic carbocycles. The van der Waals surface area contributed by atoms with E-state index in [-0.39, 0.29) is 24.8 Å². The highest BCUT2D eigenvalue weighted by Gasteiger charge is 2.30. The second kappa shape index (κ2) is 13.5. The molecule has 2 aromatic carbocycles. The molecule has 1 aromatic heterocycles. The molecule has 0 spiro atoms. The highest BCUT2D eigenvalue weighted by molar-refractivity contribution is 5.85. The van der Waals surface area contributed by atoms with Crippen molar-refractivity contribution in [3.8, 4) is 28.6 Å². The second-order valence-electron chi connectivity index (χ2n) is 8.84. The number of nitrogens with zero attached hydrogens (tertiary/aromatic N) is 2. The topological polar surface area (TPSA) is 47.3 Å². The molecule has 1 aliphatic heterocycles. The van der Waals surface area contributed by atoms with Crippen LogP contribution in [0.15, 0.2) is 46.9 Å². The summed E-state index contributed by atoms with van der Waals surface area (Å²) in [5.74, 6) is 3.32. The number of methoxy groups -OCH3 is 3. The van der Waals surface area contributed by atoms with Crippen LogP contribution < -0.4 is 14.2 Å². The highest BCUT2D eigenvalue weighted by atomic mass is 35.5. The van der Waals surface area contributed by atoms with Gasteiger partial charge >= 0.3 is 6.18 Å². The van der Waals surface area contributed by atoms with Gasteiger partial charge in [-0.05, 0) is 36.8 Å². The largest absolute Gasteiger partial charge is 0.493 e. The van der Waals surface area contributed by atoms with Crippen LogP contribution in [0.25, 0.3) is 11.3 Å². The molecule has 1 aliphatic rings. The van der Waals surface area contributed by atoms with Crippen molar-refractivity contribution in [2.24, 2.45) is 0 Å². The van der Waals surface area contributed by atoms with Crippen LogP contribution in [0.1, 0.15) is 22.5 Å². The minimum Gasteiger partial charge on any atom is -0.493 e. The molecule has 210 valence electrons. The molecule has 1 saturated heterocycles. The third-order valence-corrected chi connectivity index (χ3v) is 6.53. The standard InChI is InChI=1S/C27H31F3N2O4.2ClH/c1-18-15-23(19-5-8-21(9-6-19)27(28,29)30)36-24(18)17-32-13-11-31(12-14-32)16-20-7-10-22(33-2)26(35-4)25(20)34-3;;/h5-10,15H,11-14,16-17H2,1-4H3;2*1H. The summed E-state index contributed by atoms with van der Waals surface area (Å²) in [5, 5.41) is 0. The van der Waals surface area contributed by atoms with Crippen LogP contribution in [-0.2, 0) is 19.3 Å². The van der Waals surface area contributed by atoms with E-state index in [1.165, 1.54) is 12.1 Å². The van der Waals surface area contributed by atoms with Crippen LogP contribution in [0, 0.1) is 6.92 Å². The fourth-order valence-corrected chi connectivity index (χ4v) is 4.48. The van der Waals surface area contributed by atoms with Gasteiger partial charge in [-0.2, -0.15) is 13.2 Å². The smallest absolute Gasteiger partial charge is 0.416 e. The summed E-state index contributed by atoms with van der Waals surface area (Å²) in [7, 11) is 4.83. The lowest BCUT2D eigenvalue weighted by Gasteiger charge is -2.34. The summed E-state index contributed by atoms with van der Waals surface area (Å²) in [4.78, 5) is 4.69. The average Bonchev–Trinajstić information content (AvgIpc) is 3.24. The molecule has 4 rings (SSSR count). The Bertz CT molecular complexity index is 1180. The number of alkyl halides is 3. The number of rotatable bonds is 8. The maximum Gasteiger partial charge on any atom is 0.416 e. The number of halogens is 5. The number of piperazine rings is 1. The molecular formula is C27H33Cl2F3N2O4. The Balaban J connectivity index is 0.00000253. The van der Waals surface area contributed by atoms with Crippen molar-refractivity contribution in [3.63, 3.8) is 0 Å². The summed E-state index contributed by atoms with van der Waals surface area (Å²) in [6, 6.07) is 10.8. The van der Waals surface area contributed by atoms with E-state index in [2.05, 4.69) is 9.80 Å². The fraction of sp³-hybridized carbons (Fsp3) is 0.407. The summed E-state index contributed by atoms with van der Waals surface area (Å²) in [5.41, 5.74) is 1.98. The molecular weight excluding hydrogens is 544 g/mol. The molecule has 0 N–H and O–H groups in total. The molecule has 11 heteroatoms. The van der Waals surface area contributed by atoms with E-state index < -0.39 is 11.7 Å². The molecule has 0 radical (unpaired) electrons. The normalized spacial score (nSPS) is 14.4. The van der Waals surface area contributed by atoms with Crippen LogP contribution in [0.4, 0.5) is 13.2 Å². The van der Waals surface area contributed by atoms with E-state index in [1.807, 2.05) is 25.1 Å². The molecule has 38 heavy (non-hydrogen) atoms. The predicted molar refractivity (Wildman–Crippen MR) is 145 cm³/mol. The predicted octanol–water partition coefficient (Wildman–Crippen LogP) is 6.46. The molecule has 0 unspecified atom stereocenters. The lowest BCUT2D eigenvalue weighted by atomic mass is 10.1. The third-order valence-electron chi connectivity index (χ3n) is 6.53. The van der Waals surface area contributed by atoms with Crippen molar-refractivity contribution in [1.29, 1.82) is 0 Å². The zero-order valence-electron chi connectivity index (χ0n) is 21.8. The Kier molecular flexibility index (Phi) is 11.2. The maximum absolute atomic E-state index is 12.9. The van der Waals surface area contributed by atoms with Crippen LogP contribution in [0.2, 0.25) is 0 Å². The van der Waals surface area contributed by atoms with Crippen molar-refractivity contribution < 1.29 is 31.8 Å². The van der Waals surface area contributed by atoms with Gasteiger partial charge in [0.05, 0.1) is 33.4 Å². The molecule has 2 heterocycles. The Morgan fingerprint density at radius 2 is 1.37 bits per heavy atom. The van der Waals surface area contributed by atoms with E-state index in [0.29, 0.717) is 35.1 Å². The Morgan fingerprint density at radius 3 is 1.89 bits per heavy atom. The zero-order valence-corrected chi connectivity index (χ0v) is 23.4. The summed E-state index contributed by atoms with van der Waals surface area (Å²) >= 11 is 0. The first-order valence-electron chi connectivity index (χ1n) is 11.7. The number of hydrogen-bond donors (Lipinski definition) is 0. The van der Waals surface area contributed by atoms with E-state index in [0.717, 1.165) is 61.7 Å². The third kappa shape index (κ3) is 7.08. The van der Waals surface area contributed by atoms with Gasteiger partial charge in [0.15, 0.2) is 11.5 Å². The van der Waals surface area contributed by atoms with Gasteiger partial charge in [-0.3, -0.25) is 9.80 Å². The molecule has 0 bridgehead atoms. The van der Waals surface area contributed by atoms with Gasteiger partial charge in [-0.15, -0.1) is 24.8 Å². The lowest BCUT2D eigenvalue weighted by Crippen LogP contribution is -2.45. The quantitative estimate of drug-likeness (QED) is 0.306. The van der Waals surface area contributed by atoms with Crippen molar-refractivity contribution >= 4 is 24.8 Å². The van der Waals surface area contributed by atoms with E-state index in [4.69, 9.17) is 18.6 Å². The monoisotopic (exact) mass is 576 g/mol. The maximum atomic E-state index is 12.9. The molecule has 0 saturated carbocycles. The Morgan fingerprint density at radius 1 is 0.789 bits per heavy atom. The fourth-order valence-electron chi connectivity index (χ4n) is 4.48. The highest BCUT2D eigenvalue weighted by Crippen LogP contribution is 2.40. The van der Waals surface area contributed by atoms with E-state index in [9.17, 15) is 13.2 Å². The van der Waals surface area contributed by atoms with Gasteiger partial charge < -0.3 is 18.6 Å². The van der Waals surface area contributed by atoms with Gasteiger partial charge in [-0.25, -0.2) is 0 Å². The van der Waals surface area contributed by atoms with Crippen molar-refractivity contribution in [2.45, 2.75) is 26.2 Å². The summed E-state index contributed by atoms with van der Waals surface area (Å²) in [6.45, 7) is 6.84. The molecule has 0 amide bonds. The number of hydrogen-bond acceptors (Lipinski definition) is 6. The summed E-state index contributed by atoms with van der Waals surface area (Å²) in [6.07, 6.45) is -4.35. The molecule has 1 fully saturated rings. The van der Waals surface area contributed by atoms with Crippen LogP contribution in [0.5, 0.6) is 17.2 Å². The van der Waals surface area contributed by atoms with Crippen molar-refractivity contribution in [3.05, 3.63) is 64.9 Å². The first kappa shape index (κ1) is 31.6. The van der Waals surface area contributed by atoms with Gasteiger partial charge in [0.1, 0.15) is 11.5 Å². The van der Waals surface area contributed by atoms with Gasteiger partial charge in [0, 0.05) is 43.9 Å². The molecule has 0 atom stereocenters. The van der Waals surface area contributed by atoms with Crippen molar-refractivity contribution in [2.75, 3.05) is 47.5 Å². The van der Waals surface area contributed by atoms with Crippen molar-refractivity contribution in [1.82, 2.24) is 9.80 Å². The van der Waals surface area contributed by atoms with Gasteiger partial charge in [0.2, 0.25) is 5.75 Å². The summed E-state index contributed by atoms with van der Waals surface area (Å²) < 4.78 is 61.1.